The van der Waals surface area contributed by atoms with E-state index in [4.69, 9.17) is 15.7 Å². The Morgan fingerprint density at radius 2 is 2.16 bits per heavy atom. The third kappa shape index (κ3) is 3.36. The van der Waals surface area contributed by atoms with Crippen molar-refractivity contribution < 1.29 is 4.74 Å². The fourth-order valence-corrected chi connectivity index (χ4v) is 1.59. The first kappa shape index (κ1) is 12.7. The van der Waals surface area contributed by atoms with Crippen LogP contribution in [0.5, 0.6) is 5.75 Å². The van der Waals surface area contributed by atoms with Crippen LogP contribution in [0.1, 0.15) is 5.56 Å². The van der Waals surface area contributed by atoms with Gasteiger partial charge in [-0.05, 0) is 18.2 Å². The van der Waals surface area contributed by atoms with E-state index in [2.05, 4.69) is 16.4 Å². The van der Waals surface area contributed by atoms with Gasteiger partial charge in [0.2, 0.25) is 0 Å². The van der Waals surface area contributed by atoms with Crippen molar-refractivity contribution in [1.29, 1.82) is 5.26 Å². The number of nitrogens with two attached hydrogens (primary N) is 1. The molecule has 0 aliphatic rings. The molecule has 1 aromatic carbocycles. The van der Waals surface area contributed by atoms with Crippen molar-refractivity contribution in [3.05, 3.63) is 48.3 Å². The standard InChI is InChI=1S/C14H14N4O/c15-9-11-5-6-17-10-13(11)18-7-8-19-14-4-2-1-3-12(14)16/h1-6,10,18H,7-8,16H2. The zero-order valence-electron chi connectivity index (χ0n) is 10.3. The predicted molar refractivity (Wildman–Crippen MR) is 73.8 cm³/mol. The summed E-state index contributed by atoms with van der Waals surface area (Å²) in [5, 5.41) is 12.0. The Kier molecular flexibility index (Phi) is 4.19. The monoisotopic (exact) mass is 254 g/mol. The quantitative estimate of drug-likeness (QED) is 0.630. The number of benzene rings is 1. The summed E-state index contributed by atoms with van der Waals surface area (Å²) in [6.45, 7) is 1.02. The molecule has 1 heterocycles. The number of hydrogen-bond acceptors (Lipinski definition) is 5. The molecule has 96 valence electrons. The third-order valence-corrected chi connectivity index (χ3v) is 2.54. The molecule has 2 aromatic rings. The molecule has 5 heteroatoms. The van der Waals surface area contributed by atoms with Gasteiger partial charge in [-0.3, -0.25) is 4.98 Å². The lowest BCUT2D eigenvalue weighted by Crippen LogP contribution is -2.13. The van der Waals surface area contributed by atoms with Crippen molar-refractivity contribution in [3.8, 4) is 11.8 Å². The van der Waals surface area contributed by atoms with Gasteiger partial charge in [0.05, 0.1) is 23.1 Å². The number of nitriles is 1. The molecule has 3 N–H and O–H groups in total. The van der Waals surface area contributed by atoms with Crippen LogP contribution in [-0.2, 0) is 0 Å². The first-order chi connectivity index (χ1) is 9.31. The van der Waals surface area contributed by atoms with E-state index in [0.29, 0.717) is 35.8 Å². The SMILES string of the molecule is N#Cc1ccncc1NCCOc1ccccc1N. The highest BCUT2D eigenvalue weighted by atomic mass is 16.5. The van der Waals surface area contributed by atoms with Gasteiger partial charge in [-0.25, -0.2) is 0 Å². The Morgan fingerprint density at radius 3 is 2.95 bits per heavy atom. The molecule has 0 aliphatic carbocycles. The minimum absolute atomic E-state index is 0.452. The Morgan fingerprint density at radius 1 is 1.32 bits per heavy atom. The van der Waals surface area contributed by atoms with Gasteiger partial charge in [-0.2, -0.15) is 5.26 Å². The van der Waals surface area contributed by atoms with E-state index in [0.717, 1.165) is 0 Å². The molecule has 19 heavy (non-hydrogen) atoms. The topological polar surface area (TPSA) is 84.0 Å². The number of rotatable bonds is 5. The highest BCUT2D eigenvalue weighted by Crippen LogP contribution is 2.19. The summed E-state index contributed by atoms with van der Waals surface area (Å²) in [6.07, 6.45) is 3.21. The highest BCUT2D eigenvalue weighted by molar-refractivity contribution is 5.55. The molecule has 0 saturated carbocycles. The molecule has 0 bridgehead atoms. The van der Waals surface area contributed by atoms with Crippen LogP contribution in [-0.4, -0.2) is 18.1 Å². The van der Waals surface area contributed by atoms with Crippen molar-refractivity contribution in [2.24, 2.45) is 0 Å². The minimum atomic E-state index is 0.452. The maximum Gasteiger partial charge on any atom is 0.142 e. The van der Waals surface area contributed by atoms with E-state index in [1.54, 1.807) is 24.5 Å². The number of hydrogen-bond donors (Lipinski definition) is 2. The Labute approximate surface area is 111 Å². The van der Waals surface area contributed by atoms with Crippen molar-refractivity contribution in [3.63, 3.8) is 0 Å². The zero-order valence-corrected chi connectivity index (χ0v) is 10.3. The summed E-state index contributed by atoms with van der Waals surface area (Å²) in [4.78, 5) is 3.97. The molecule has 0 spiro atoms. The molecule has 1 aromatic heterocycles. The Hall–Kier alpha value is -2.74. The van der Waals surface area contributed by atoms with Gasteiger partial charge in [-0.15, -0.1) is 0 Å². The van der Waals surface area contributed by atoms with E-state index in [-0.39, 0.29) is 0 Å². The van der Waals surface area contributed by atoms with Crippen LogP contribution in [0.2, 0.25) is 0 Å². The second-order valence-electron chi connectivity index (χ2n) is 3.85. The minimum Gasteiger partial charge on any atom is -0.490 e. The number of nitrogen functional groups attached to an aromatic ring is 1. The van der Waals surface area contributed by atoms with Crippen LogP contribution in [0.15, 0.2) is 42.7 Å². The van der Waals surface area contributed by atoms with Crippen molar-refractivity contribution in [1.82, 2.24) is 4.98 Å². The van der Waals surface area contributed by atoms with Crippen LogP contribution in [0.4, 0.5) is 11.4 Å². The second kappa shape index (κ2) is 6.26. The summed E-state index contributed by atoms with van der Waals surface area (Å²) >= 11 is 0. The van der Waals surface area contributed by atoms with Crippen LogP contribution in [0.3, 0.4) is 0 Å². The fourth-order valence-electron chi connectivity index (χ4n) is 1.59. The van der Waals surface area contributed by atoms with Gasteiger partial charge in [0.25, 0.3) is 0 Å². The number of ether oxygens (including phenoxy) is 1. The molecular weight excluding hydrogens is 240 g/mol. The van der Waals surface area contributed by atoms with Gasteiger partial charge >= 0.3 is 0 Å². The van der Waals surface area contributed by atoms with E-state index in [1.807, 2.05) is 18.2 Å². The molecule has 0 radical (unpaired) electrons. The van der Waals surface area contributed by atoms with Gasteiger partial charge in [0.15, 0.2) is 0 Å². The van der Waals surface area contributed by atoms with Gasteiger partial charge in [-0.1, -0.05) is 12.1 Å². The molecule has 0 amide bonds. The van der Waals surface area contributed by atoms with Gasteiger partial charge in [0.1, 0.15) is 18.4 Å². The number of pyridine rings is 1. The fraction of sp³-hybridized carbons (Fsp3) is 0.143. The third-order valence-electron chi connectivity index (χ3n) is 2.54. The number of nitrogens with one attached hydrogen (secondary N) is 1. The lowest BCUT2D eigenvalue weighted by molar-refractivity contribution is 0.334. The average Bonchev–Trinajstić information content (AvgIpc) is 2.45. The molecule has 0 aliphatic heterocycles. The largest absolute Gasteiger partial charge is 0.490 e. The van der Waals surface area contributed by atoms with E-state index in [9.17, 15) is 0 Å². The van der Waals surface area contributed by atoms with E-state index in [1.165, 1.54) is 0 Å². The number of anilines is 2. The normalized spacial score (nSPS) is 9.63. The van der Waals surface area contributed by atoms with Crippen LogP contribution >= 0.6 is 0 Å². The smallest absolute Gasteiger partial charge is 0.142 e. The first-order valence-electron chi connectivity index (χ1n) is 5.86. The molecule has 0 saturated heterocycles. The van der Waals surface area contributed by atoms with Crippen LogP contribution < -0.4 is 15.8 Å². The summed E-state index contributed by atoms with van der Waals surface area (Å²) in [6, 6.07) is 11.1. The van der Waals surface area contributed by atoms with Crippen molar-refractivity contribution in [2.75, 3.05) is 24.2 Å². The van der Waals surface area contributed by atoms with Gasteiger partial charge in [0, 0.05) is 12.7 Å². The Bertz CT molecular complexity index is 592. The second-order valence-corrected chi connectivity index (χ2v) is 3.85. The van der Waals surface area contributed by atoms with Crippen LogP contribution in [0, 0.1) is 11.3 Å². The molecular formula is C14H14N4O. The average molecular weight is 254 g/mol. The van der Waals surface area contributed by atoms with Crippen LogP contribution in [0.25, 0.3) is 0 Å². The Balaban J connectivity index is 1.85. The van der Waals surface area contributed by atoms with Crippen molar-refractivity contribution >= 4 is 11.4 Å². The predicted octanol–water partition coefficient (Wildman–Crippen LogP) is 2.03. The maximum absolute atomic E-state index is 8.92. The zero-order chi connectivity index (χ0) is 13.5. The van der Waals surface area contributed by atoms with E-state index < -0.39 is 0 Å². The number of aromatic nitrogens is 1. The molecule has 0 unspecified atom stereocenters. The summed E-state index contributed by atoms with van der Waals surface area (Å²) in [5.41, 5.74) is 7.64. The molecule has 0 atom stereocenters. The number of nitrogens with zero attached hydrogens (tertiary/aromatic N) is 2. The molecule has 0 fully saturated rings. The highest BCUT2D eigenvalue weighted by Gasteiger charge is 2.01. The first-order valence-corrected chi connectivity index (χ1v) is 5.86. The summed E-state index contributed by atoms with van der Waals surface area (Å²) in [7, 11) is 0. The summed E-state index contributed by atoms with van der Waals surface area (Å²) in [5.74, 6) is 0.663. The lowest BCUT2D eigenvalue weighted by Gasteiger charge is -2.10. The maximum atomic E-state index is 8.92. The van der Waals surface area contributed by atoms with E-state index >= 15 is 0 Å². The lowest BCUT2D eigenvalue weighted by atomic mass is 10.2. The van der Waals surface area contributed by atoms with Gasteiger partial charge < -0.3 is 15.8 Å². The molecule has 2 rings (SSSR count). The van der Waals surface area contributed by atoms with Crippen molar-refractivity contribution in [2.45, 2.75) is 0 Å². The summed E-state index contributed by atoms with van der Waals surface area (Å²) < 4.78 is 5.54. The molecule has 5 nitrogen and oxygen atoms in total. The number of para-hydroxylation sites is 2.